The molecule has 0 aliphatic heterocycles. The third kappa shape index (κ3) is 3.85. The van der Waals surface area contributed by atoms with Crippen LogP contribution < -0.4 is 5.32 Å². The normalized spacial score (nSPS) is 12.0. The summed E-state index contributed by atoms with van der Waals surface area (Å²) in [6, 6.07) is 5.47. The molecule has 7 heteroatoms. The van der Waals surface area contributed by atoms with Gasteiger partial charge in [-0.05, 0) is 18.2 Å². The van der Waals surface area contributed by atoms with Crippen LogP contribution in [0.4, 0.5) is 13.2 Å². The quantitative estimate of drug-likeness (QED) is 0.904. The second kappa shape index (κ2) is 5.48. The van der Waals surface area contributed by atoms with Crippen LogP contribution in [0.1, 0.15) is 11.4 Å². The number of rotatable bonds is 5. The topological polar surface area (TPSA) is 34.8 Å². The van der Waals surface area contributed by atoms with E-state index >= 15 is 0 Å². The lowest BCUT2D eigenvalue weighted by Gasteiger charge is -2.11. The van der Waals surface area contributed by atoms with Gasteiger partial charge in [0.15, 0.2) is 0 Å². The molecule has 0 unspecified atom stereocenters. The Bertz CT molecular complexity index is 527. The Morgan fingerprint density at radius 3 is 2.58 bits per heavy atom. The Morgan fingerprint density at radius 1 is 1.21 bits per heavy atom. The van der Waals surface area contributed by atoms with E-state index in [0.29, 0.717) is 18.8 Å². The summed E-state index contributed by atoms with van der Waals surface area (Å²) in [5.74, 6) is 0. The molecule has 104 valence electrons. The van der Waals surface area contributed by atoms with Gasteiger partial charge in [-0.1, -0.05) is 0 Å². The summed E-state index contributed by atoms with van der Waals surface area (Å²) in [6.07, 6.45) is -0.949. The van der Waals surface area contributed by atoms with Crippen LogP contribution in [-0.2, 0) is 26.7 Å². The molecule has 2 aromatic heterocycles. The van der Waals surface area contributed by atoms with E-state index in [4.69, 9.17) is 0 Å². The summed E-state index contributed by atoms with van der Waals surface area (Å²) < 4.78 is 39.9. The van der Waals surface area contributed by atoms with Crippen molar-refractivity contribution in [3.8, 4) is 0 Å². The molecule has 2 heterocycles. The number of hydrogen-bond donors (Lipinski definition) is 1. The maximum absolute atomic E-state index is 12.3. The number of alkyl halides is 3. The number of nitrogens with one attached hydrogen (secondary N) is 1. The molecule has 0 aromatic carbocycles. The monoisotopic (exact) mass is 272 g/mol. The van der Waals surface area contributed by atoms with Crippen molar-refractivity contribution >= 4 is 0 Å². The molecule has 2 aromatic rings. The molecule has 0 aliphatic rings. The van der Waals surface area contributed by atoms with Gasteiger partial charge in [0, 0.05) is 38.2 Å². The summed E-state index contributed by atoms with van der Waals surface area (Å²) in [4.78, 5) is 0. The second-order valence-corrected chi connectivity index (χ2v) is 4.31. The minimum Gasteiger partial charge on any atom is -0.353 e. The molecule has 4 nitrogen and oxygen atoms in total. The summed E-state index contributed by atoms with van der Waals surface area (Å²) in [5, 5.41) is 6.79. The van der Waals surface area contributed by atoms with E-state index in [0.717, 1.165) is 10.4 Å². The van der Waals surface area contributed by atoms with Crippen LogP contribution in [-0.4, -0.2) is 20.5 Å². The highest BCUT2D eigenvalue weighted by Crippen LogP contribution is 2.17. The molecule has 0 saturated heterocycles. The lowest BCUT2D eigenvalue weighted by Crippen LogP contribution is -2.23. The second-order valence-electron chi connectivity index (χ2n) is 4.31. The van der Waals surface area contributed by atoms with Gasteiger partial charge in [-0.2, -0.15) is 18.3 Å². The average molecular weight is 272 g/mol. The van der Waals surface area contributed by atoms with Crippen molar-refractivity contribution < 1.29 is 13.2 Å². The Labute approximate surface area is 108 Å². The highest BCUT2D eigenvalue weighted by Gasteiger charge is 2.29. The molecular weight excluding hydrogens is 257 g/mol. The fraction of sp³-hybridized carbons (Fsp3) is 0.417. The van der Waals surface area contributed by atoms with E-state index in [1.54, 1.807) is 6.07 Å². The number of halogens is 3. The van der Waals surface area contributed by atoms with Gasteiger partial charge in [0.05, 0.1) is 5.69 Å². The van der Waals surface area contributed by atoms with Crippen molar-refractivity contribution in [2.75, 3.05) is 0 Å². The van der Waals surface area contributed by atoms with Crippen molar-refractivity contribution in [3.63, 3.8) is 0 Å². The molecule has 0 radical (unpaired) electrons. The molecule has 0 spiro atoms. The number of aromatic nitrogens is 3. The highest BCUT2D eigenvalue weighted by molar-refractivity contribution is 5.07. The van der Waals surface area contributed by atoms with Gasteiger partial charge in [-0.15, -0.1) is 0 Å². The van der Waals surface area contributed by atoms with Crippen LogP contribution in [0.15, 0.2) is 30.6 Å². The van der Waals surface area contributed by atoms with Gasteiger partial charge in [-0.25, -0.2) is 0 Å². The van der Waals surface area contributed by atoms with Crippen LogP contribution in [0, 0.1) is 0 Å². The molecule has 0 atom stereocenters. The van der Waals surface area contributed by atoms with Gasteiger partial charge in [0.25, 0.3) is 0 Å². The minimum absolute atomic E-state index is 0.348. The maximum Gasteiger partial charge on any atom is 0.408 e. The molecule has 1 N–H and O–H groups in total. The van der Waals surface area contributed by atoms with Crippen LogP contribution >= 0.6 is 0 Å². The van der Waals surface area contributed by atoms with E-state index in [9.17, 15) is 13.2 Å². The standard InChI is InChI=1S/C12H15F3N4/c1-18-6-2-3-10(18)7-16-8-11-4-5-17-19(11)9-12(13,14)15/h2-6,16H,7-9H2,1H3. The van der Waals surface area contributed by atoms with Crippen molar-refractivity contribution in [1.29, 1.82) is 0 Å². The third-order valence-corrected chi connectivity index (χ3v) is 2.80. The van der Waals surface area contributed by atoms with Gasteiger partial charge < -0.3 is 9.88 Å². The Hall–Kier alpha value is -1.76. The van der Waals surface area contributed by atoms with Gasteiger partial charge in [-0.3, -0.25) is 4.68 Å². The Kier molecular flexibility index (Phi) is 3.94. The third-order valence-electron chi connectivity index (χ3n) is 2.80. The van der Waals surface area contributed by atoms with E-state index < -0.39 is 12.7 Å². The van der Waals surface area contributed by atoms with Crippen molar-refractivity contribution in [3.05, 3.63) is 42.0 Å². The van der Waals surface area contributed by atoms with E-state index in [2.05, 4.69) is 10.4 Å². The maximum atomic E-state index is 12.3. The molecule has 0 aliphatic carbocycles. The van der Waals surface area contributed by atoms with E-state index in [1.165, 1.54) is 6.20 Å². The average Bonchev–Trinajstić information content (AvgIpc) is 2.88. The number of aryl methyl sites for hydroxylation is 1. The van der Waals surface area contributed by atoms with Crippen LogP contribution in [0.25, 0.3) is 0 Å². The molecule has 0 saturated carbocycles. The molecule has 0 bridgehead atoms. The Morgan fingerprint density at radius 2 is 1.95 bits per heavy atom. The summed E-state index contributed by atoms with van der Waals surface area (Å²) in [7, 11) is 1.92. The zero-order valence-corrected chi connectivity index (χ0v) is 10.5. The van der Waals surface area contributed by atoms with Crippen molar-refractivity contribution in [1.82, 2.24) is 19.7 Å². The highest BCUT2D eigenvalue weighted by atomic mass is 19.4. The first-order valence-electron chi connectivity index (χ1n) is 5.84. The van der Waals surface area contributed by atoms with Crippen LogP contribution in [0.3, 0.4) is 0 Å². The van der Waals surface area contributed by atoms with Crippen LogP contribution in [0.2, 0.25) is 0 Å². The molecule has 2 rings (SSSR count). The first kappa shape index (κ1) is 13.7. The van der Waals surface area contributed by atoms with Gasteiger partial charge in [0.1, 0.15) is 6.54 Å². The predicted octanol–water partition coefficient (Wildman–Crippen LogP) is 2.07. The number of nitrogens with zero attached hydrogens (tertiary/aromatic N) is 3. The first-order chi connectivity index (χ1) is 8.96. The molecule has 0 amide bonds. The molecule has 0 fully saturated rings. The number of hydrogen-bond acceptors (Lipinski definition) is 2. The fourth-order valence-electron chi connectivity index (χ4n) is 1.82. The summed E-state index contributed by atoms with van der Waals surface area (Å²) in [6.45, 7) is -0.108. The smallest absolute Gasteiger partial charge is 0.353 e. The molecular formula is C12H15F3N4. The summed E-state index contributed by atoms with van der Waals surface area (Å²) >= 11 is 0. The zero-order chi connectivity index (χ0) is 13.9. The first-order valence-corrected chi connectivity index (χ1v) is 5.84. The van der Waals surface area contributed by atoms with Crippen LogP contribution in [0.5, 0.6) is 0 Å². The van der Waals surface area contributed by atoms with E-state index in [-0.39, 0.29) is 0 Å². The Balaban J connectivity index is 1.90. The van der Waals surface area contributed by atoms with Crippen molar-refractivity contribution in [2.24, 2.45) is 7.05 Å². The largest absolute Gasteiger partial charge is 0.408 e. The lowest BCUT2D eigenvalue weighted by atomic mass is 10.3. The van der Waals surface area contributed by atoms with Gasteiger partial charge >= 0.3 is 6.18 Å². The minimum atomic E-state index is -4.25. The SMILES string of the molecule is Cn1cccc1CNCc1ccnn1CC(F)(F)F. The van der Waals surface area contributed by atoms with Gasteiger partial charge in [0.2, 0.25) is 0 Å². The zero-order valence-electron chi connectivity index (χ0n) is 10.5. The predicted molar refractivity (Wildman–Crippen MR) is 64.2 cm³/mol. The summed E-state index contributed by atoms with van der Waals surface area (Å²) in [5.41, 5.74) is 1.59. The molecule has 19 heavy (non-hydrogen) atoms. The van der Waals surface area contributed by atoms with Crippen molar-refractivity contribution in [2.45, 2.75) is 25.8 Å². The van der Waals surface area contributed by atoms with E-state index in [1.807, 2.05) is 29.9 Å². The fourth-order valence-corrected chi connectivity index (χ4v) is 1.82. The lowest BCUT2D eigenvalue weighted by molar-refractivity contribution is -0.143.